The average molecular weight is 142 g/mol. The van der Waals surface area contributed by atoms with Crippen molar-refractivity contribution in [3.8, 4) is 0 Å². The van der Waals surface area contributed by atoms with Crippen LogP contribution in [0, 0.1) is 5.92 Å². The maximum atomic E-state index is 11.2. The molecule has 1 saturated carbocycles. The first-order chi connectivity index (χ1) is 4.79. The van der Waals surface area contributed by atoms with Crippen LogP contribution in [0.3, 0.4) is 0 Å². The van der Waals surface area contributed by atoms with Crippen molar-refractivity contribution in [1.82, 2.24) is 0 Å². The first kappa shape index (κ1) is 7.73. The molecule has 0 aromatic carbocycles. The van der Waals surface area contributed by atoms with Gasteiger partial charge in [-0.25, -0.2) is 0 Å². The van der Waals surface area contributed by atoms with Crippen LogP contribution in [0.15, 0.2) is 0 Å². The number of hydrogen-bond donors (Lipinski definition) is 0. The zero-order valence-corrected chi connectivity index (χ0v) is 6.59. The number of carbonyl (C=O) groups excluding carboxylic acids is 1. The van der Waals surface area contributed by atoms with Gasteiger partial charge in [0, 0.05) is 13.0 Å². The Morgan fingerprint density at radius 1 is 1.70 bits per heavy atom. The van der Waals surface area contributed by atoms with E-state index in [0.29, 0.717) is 11.7 Å². The van der Waals surface area contributed by atoms with Crippen LogP contribution in [-0.4, -0.2) is 19.0 Å². The molecule has 2 heteroatoms. The molecule has 0 heterocycles. The van der Waals surface area contributed by atoms with Crippen molar-refractivity contribution >= 4 is 5.78 Å². The Morgan fingerprint density at radius 2 is 2.30 bits per heavy atom. The second-order valence-corrected chi connectivity index (χ2v) is 2.81. The van der Waals surface area contributed by atoms with Crippen molar-refractivity contribution in [2.45, 2.75) is 32.3 Å². The molecular weight excluding hydrogens is 128 g/mol. The van der Waals surface area contributed by atoms with Crippen molar-refractivity contribution in [3.63, 3.8) is 0 Å². The molecule has 0 saturated heterocycles. The number of ether oxygens (including phenoxy) is 1. The van der Waals surface area contributed by atoms with Gasteiger partial charge < -0.3 is 4.74 Å². The number of carbonyl (C=O) groups is 1. The van der Waals surface area contributed by atoms with E-state index in [1.807, 2.05) is 6.92 Å². The minimum absolute atomic E-state index is 0.132. The molecule has 0 bridgehead atoms. The van der Waals surface area contributed by atoms with Gasteiger partial charge in [-0.3, -0.25) is 4.79 Å². The highest BCUT2D eigenvalue weighted by molar-refractivity contribution is 5.87. The molecule has 0 radical (unpaired) electrons. The minimum Gasteiger partial charge on any atom is -0.374 e. The van der Waals surface area contributed by atoms with Gasteiger partial charge in [0.15, 0.2) is 5.78 Å². The van der Waals surface area contributed by atoms with Gasteiger partial charge >= 0.3 is 0 Å². The standard InChI is InChI=1S/C8H14O2/c1-3-7(10-2)8(9)6-4-5-6/h6-7H,3-5H2,1-2H3. The predicted molar refractivity (Wildman–Crippen MR) is 38.8 cm³/mol. The van der Waals surface area contributed by atoms with Crippen molar-refractivity contribution in [2.24, 2.45) is 5.92 Å². The van der Waals surface area contributed by atoms with Crippen molar-refractivity contribution in [2.75, 3.05) is 7.11 Å². The number of Topliss-reactive ketones (excluding diaryl/α,β-unsaturated/α-hetero) is 1. The first-order valence-electron chi connectivity index (χ1n) is 3.86. The third-order valence-electron chi connectivity index (χ3n) is 1.95. The van der Waals surface area contributed by atoms with E-state index in [9.17, 15) is 4.79 Å². The van der Waals surface area contributed by atoms with Gasteiger partial charge in [-0.05, 0) is 19.3 Å². The summed E-state index contributed by atoms with van der Waals surface area (Å²) >= 11 is 0. The fourth-order valence-electron chi connectivity index (χ4n) is 1.11. The lowest BCUT2D eigenvalue weighted by atomic mass is 10.1. The van der Waals surface area contributed by atoms with Crippen LogP contribution in [-0.2, 0) is 9.53 Å². The fourth-order valence-corrected chi connectivity index (χ4v) is 1.11. The molecule has 0 spiro atoms. The Labute approximate surface area is 61.6 Å². The molecule has 0 amide bonds. The maximum absolute atomic E-state index is 11.2. The highest BCUT2D eigenvalue weighted by atomic mass is 16.5. The predicted octanol–water partition coefficient (Wildman–Crippen LogP) is 1.39. The maximum Gasteiger partial charge on any atom is 0.164 e. The molecule has 2 nitrogen and oxygen atoms in total. The molecule has 1 atom stereocenters. The molecule has 0 N–H and O–H groups in total. The van der Waals surface area contributed by atoms with Gasteiger partial charge in [0.1, 0.15) is 6.10 Å². The van der Waals surface area contributed by atoms with E-state index in [-0.39, 0.29) is 6.10 Å². The lowest BCUT2D eigenvalue weighted by Gasteiger charge is -2.09. The number of hydrogen-bond acceptors (Lipinski definition) is 2. The highest BCUT2D eigenvalue weighted by Gasteiger charge is 2.33. The summed E-state index contributed by atoms with van der Waals surface area (Å²) in [6, 6.07) is 0. The van der Waals surface area contributed by atoms with E-state index < -0.39 is 0 Å². The quantitative estimate of drug-likeness (QED) is 0.593. The zero-order chi connectivity index (χ0) is 7.56. The summed E-state index contributed by atoms with van der Waals surface area (Å²) in [5.41, 5.74) is 0. The van der Waals surface area contributed by atoms with Crippen LogP contribution in [0.4, 0.5) is 0 Å². The normalized spacial score (nSPS) is 20.6. The first-order valence-corrected chi connectivity index (χ1v) is 3.86. The Morgan fingerprint density at radius 3 is 2.60 bits per heavy atom. The van der Waals surface area contributed by atoms with Gasteiger partial charge in [0.05, 0.1) is 0 Å². The van der Waals surface area contributed by atoms with E-state index in [4.69, 9.17) is 4.74 Å². The van der Waals surface area contributed by atoms with Gasteiger partial charge in [-0.2, -0.15) is 0 Å². The second kappa shape index (κ2) is 3.15. The second-order valence-electron chi connectivity index (χ2n) is 2.81. The summed E-state index contributed by atoms with van der Waals surface area (Å²) in [4.78, 5) is 11.2. The topological polar surface area (TPSA) is 26.3 Å². The summed E-state index contributed by atoms with van der Waals surface area (Å²) in [6.07, 6.45) is 2.84. The van der Waals surface area contributed by atoms with Crippen molar-refractivity contribution in [1.29, 1.82) is 0 Å². The van der Waals surface area contributed by atoms with Gasteiger partial charge in [-0.1, -0.05) is 6.92 Å². The van der Waals surface area contributed by atoms with E-state index in [0.717, 1.165) is 19.3 Å². The van der Waals surface area contributed by atoms with E-state index in [1.54, 1.807) is 7.11 Å². The van der Waals surface area contributed by atoms with Crippen LogP contribution in [0.2, 0.25) is 0 Å². The van der Waals surface area contributed by atoms with Crippen molar-refractivity contribution in [3.05, 3.63) is 0 Å². The van der Waals surface area contributed by atoms with Crippen LogP contribution >= 0.6 is 0 Å². The zero-order valence-electron chi connectivity index (χ0n) is 6.59. The Bertz CT molecular complexity index is 123. The molecule has 0 aliphatic heterocycles. The number of rotatable bonds is 4. The van der Waals surface area contributed by atoms with E-state index in [2.05, 4.69) is 0 Å². The number of ketones is 1. The Balaban J connectivity index is 2.35. The summed E-state index contributed by atoms with van der Waals surface area (Å²) in [5, 5.41) is 0. The molecule has 58 valence electrons. The lowest BCUT2D eigenvalue weighted by molar-refractivity contribution is -0.130. The molecule has 1 aliphatic carbocycles. The van der Waals surface area contributed by atoms with Gasteiger partial charge in [-0.15, -0.1) is 0 Å². The van der Waals surface area contributed by atoms with Crippen LogP contribution < -0.4 is 0 Å². The number of methoxy groups -OCH3 is 1. The molecule has 1 aliphatic rings. The Hall–Kier alpha value is -0.370. The molecule has 0 aromatic rings. The van der Waals surface area contributed by atoms with Crippen LogP contribution in [0.5, 0.6) is 0 Å². The fraction of sp³-hybridized carbons (Fsp3) is 0.875. The summed E-state index contributed by atoms with van der Waals surface area (Å²) < 4.78 is 5.01. The van der Waals surface area contributed by atoms with E-state index >= 15 is 0 Å². The summed E-state index contributed by atoms with van der Waals surface area (Å²) in [6.45, 7) is 1.98. The molecular formula is C8H14O2. The van der Waals surface area contributed by atoms with Crippen molar-refractivity contribution < 1.29 is 9.53 Å². The Kier molecular flexibility index (Phi) is 2.44. The third-order valence-corrected chi connectivity index (χ3v) is 1.95. The monoisotopic (exact) mass is 142 g/mol. The van der Waals surface area contributed by atoms with Crippen LogP contribution in [0.1, 0.15) is 26.2 Å². The SMILES string of the molecule is CCC(OC)C(=O)C1CC1. The minimum atomic E-state index is -0.132. The molecule has 10 heavy (non-hydrogen) atoms. The lowest BCUT2D eigenvalue weighted by Crippen LogP contribution is -2.23. The average Bonchev–Trinajstić information content (AvgIpc) is 2.71. The largest absolute Gasteiger partial charge is 0.374 e. The molecule has 1 unspecified atom stereocenters. The summed E-state index contributed by atoms with van der Waals surface area (Å²) in [5.74, 6) is 0.648. The van der Waals surface area contributed by atoms with Gasteiger partial charge in [0.2, 0.25) is 0 Å². The molecule has 1 rings (SSSR count). The highest BCUT2D eigenvalue weighted by Crippen LogP contribution is 2.31. The van der Waals surface area contributed by atoms with Gasteiger partial charge in [0.25, 0.3) is 0 Å². The van der Waals surface area contributed by atoms with E-state index in [1.165, 1.54) is 0 Å². The third kappa shape index (κ3) is 1.57. The molecule has 0 aromatic heterocycles. The smallest absolute Gasteiger partial charge is 0.164 e. The summed E-state index contributed by atoms with van der Waals surface area (Å²) in [7, 11) is 1.61. The molecule has 1 fully saturated rings. The van der Waals surface area contributed by atoms with Crippen LogP contribution in [0.25, 0.3) is 0 Å².